The molecule has 0 spiro atoms. The van der Waals surface area contributed by atoms with Crippen LogP contribution in [0.5, 0.6) is 0 Å². The fourth-order valence-corrected chi connectivity index (χ4v) is 6.38. The Bertz CT molecular complexity index is 2330. The van der Waals surface area contributed by atoms with E-state index in [2.05, 4.69) is 34.9 Å². The zero-order valence-corrected chi connectivity index (χ0v) is 23.4. The summed E-state index contributed by atoms with van der Waals surface area (Å²) < 4.78 is 2.18. The van der Waals surface area contributed by atoms with Gasteiger partial charge in [-0.3, -0.25) is 9.59 Å². The first-order valence-corrected chi connectivity index (χ1v) is 14.3. The van der Waals surface area contributed by atoms with E-state index in [-0.39, 0.29) is 11.8 Å². The summed E-state index contributed by atoms with van der Waals surface area (Å²) in [5.74, 6) is -0.655. The largest absolute Gasteiger partial charge is 0.309 e. The standard InChI is InChI=1S/C39H23N3O2/c40-24-25-17-20-28(21-18-25)41-35-16-7-5-12-31(35)33-23-27(19-22-36(33)41)30-13-8-14-32-37(30)39(44)42(38(32)43)34-15-6-4-11-29(34)26-9-2-1-3-10-26/h1-23H. The van der Waals surface area contributed by atoms with Gasteiger partial charge in [-0.2, -0.15) is 5.26 Å². The Morgan fingerprint density at radius 1 is 0.523 bits per heavy atom. The number of hydrogen-bond acceptors (Lipinski definition) is 3. The average Bonchev–Trinajstić information content (AvgIpc) is 3.55. The molecule has 0 aliphatic carbocycles. The smallest absolute Gasteiger partial charge is 0.266 e. The molecule has 2 heterocycles. The first kappa shape index (κ1) is 25.5. The number of hydrogen-bond donors (Lipinski definition) is 0. The molecule has 0 bridgehead atoms. The summed E-state index contributed by atoms with van der Waals surface area (Å²) in [6, 6.07) is 46.9. The quantitative estimate of drug-likeness (QED) is 0.200. The van der Waals surface area contributed by atoms with Gasteiger partial charge in [-0.25, -0.2) is 4.90 Å². The maximum atomic E-state index is 14.2. The van der Waals surface area contributed by atoms with E-state index in [0.29, 0.717) is 22.4 Å². The van der Waals surface area contributed by atoms with Gasteiger partial charge >= 0.3 is 0 Å². The Labute approximate surface area is 253 Å². The number of para-hydroxylation sites is 2. The molecule has 1 aliphatic rings. The molecule has 44 heavy (non-hydrogen) atoms. The molecule has 6 aromatic carbocycles. The summed E-state index contributed by atoms with van der Waals surface area (Å²) >= 11 is 0. The Kier molecular flexibility index (Phi) is 5.75. The molecular weight excluding hydrogens is 542 g/mol. The molecule has 0 N–H and O–H groups in total. The molecule has 2 amide bonds. The van der Waals surface area contributed by atoms with E-state index in [1.165, 1.54) is 4.90 Å². The molecule has 0 saturated heterocycles. The van der Waals surface area contributed by atoms with E-state index in [0.717, 1.165) is 49.7 Å². The van der Waals surface area contributed by atoms with Crippen molar-refractivity contribution in [2.45, 2.75) is 0 Å². The highest BCUT2D eigenvalue weighted by Gasteiger charge is 2.39. The number of anilines is 1. The van der Waals surface area contributed by atoms with Crippen LogP contribution in [-0.2, 0) is 0 Å². The third-order valence-electron chi connectivity index (χ3n) is 8.38. The van der Waals surface area contributed by atoms with Crippen molar-refractivity contribution in [3.8, 4) is 34.0 Å². The fourth-order valence-electron chi connectivity index (χ4n) is 6.38. The first-order chi connectivity index (χ1) is 21.6. The van der Waals surface area contributed by atoms with E-state index < -0.39 is 0 Å². The number of amides is 2. The Balaban J connectivity index is 1.28. The fraction of sp³-hybridized carbons (Fsp3) is 0. The van der Waals surface area contributed by atoms with Gasteiger partial charge in [-0.1, -0.05) is 84.9 Å². The van der Waals surface area contributed by atoms with Crippen LogP contribution >= 0.6 is 0 Å². The van der Waals surface area contributed by atoms with Crippen LogP contribution in [0.25, 0.3) is 49.7 Å². The van der Waals surface area contributed by atoms with Crippen LogP contribution in [0, 0.1) is 11.3 Å². The van der Waals surface area contributed by atoms with Crippen molar-refractivity contribution in [1.29, 1.82) is 5.26 Å². The van der Waals surface area contributed by atoms with Crippen molar-refractivity contribution in [2.24, 2.45) is 0 Å². The molecule has 206 valence electrons. The Morgan fingerprint density at radius 3 is 2.02 bits per heavy atom. The lowest BCUT2D eigenvalue weighted by Gasteiger charge is -2.18. The van der Waals surface area contributed by atoms with Gasteiger partial charge in [-0.05, 0) is 71.3 Å². The van der Waals surface area contributed by atoms with Gasteiger partial charge in [0.15, 0.2) is 0 Å². The van der Waals surface area contributed by atoms with Crippen molar-refractivity contribution in [2.75, 3.05) is 4.90 Å². The van der Waals surface area contributed by atoms with Gasteiger partial charge in [0.05, 0.1) is 39.5 Å². The molecule has 1 aliphatic heterocycles. The second-order valence-corrected chi connectivity index (χ2v) is 10.8. The van der Waals surface area contributed by atoms with Crippen molar-refractivity contribution in [3.05, 3.63) is 156 Å². The zero-order chi connectivity index (χ0) is 29.8. The predicted octanol–water partition coefficient (Wildman–Crippen LogP) is 8.79. The highest BCUT2D eigenvalue weighted by Crippen LogP contribution is 2.41. The number of nitriles is 1. The Morgan fingerprint density at radius 2 is 1.20 bits per heavy atom. The molecule has 5 nitrogen and oxygen atoms in total. The van der Waals surface area contributed by atoms with Crippen molar-refractivity contribution < 1.29 is 9.59 Å². The van der Waals surface area contributed by atoms with Gasteiger partial charge in [0.2, 0.25) is 0 Å². The minimum atomic E-state index is -0.330. The van der Waals surface area contributed by atoms with Crippen LogP contribution in [-0.4, -0.2) is 16.4 Å². The number of benzene rings is 6. The maximum Gasteiger partial charge on any atom is 0.266 e. The summed E-state index contributed by atoms with van der Waals surface area (Å²) in [6.45, 7) is 0. The van der Waals surface area contributed by atoms with Crippen LogP contribution in [0.4, 0.5) is 5.69 Å². The minimum absolute atomic E-state index is 0.325. The molecular formula is C39H23N3O2. The summed E-state index contributed by atoms with van der Waals surface area (Å²) in [4.78, 5) is 29.3. The van der Waals surface area contributed by atoms with Gasteiger partial charge in [-0.15, -0.1) is 0 Å². The zero-order valence-electron chi connectivity index (χ0n) is 23.4. The first-order valence-electron chi connectivity index (χ1n) is 14.3. The van der Waals surface area contributed by atoms with E-state index in [1.54, 1.807) is 6.07 Å². The second kappa shape index (κ2) is 9.94. The average molecular weight is 566 g/mol. The predicted molar refractivity (Wildman–Crippen MR) is 174 cm³/mol. The van der Waals surface area contributed by atoms with E-state index in [9.17, 15) is 14.9 Å². The SMILES string of the molecule is N#Cc1ccc(-n2c3ccccc3c3cc(-c4cccc5c4C(=O)N(c4ccccc4-c4ccccc4)C5=O)ccc32)cc1. The van der Waals surface area contributed by atoms with E-state index in [1.807, 2.05) is 109 Å². The monoisotopic (exact) mass is 565 g/mol. The van der Waals surface area contributed by atoms with Crippen molar-refractivity contribution in [1.82, 2.24) is 4.57 Å². The van der Waals surface area contributed by atoms with Gasteiger partial charge in [0, 0.05) is 22.0 Å². The van der Waals surface area contributed by atoms with E-state index >= 15 is 0 Å². The number of rotatable bonds is 4. The minimum Gasteiger partial charge on any atom is -0.309 e. The van der Waals surface area contributed by atoms with Gasteiger partial charge in [0.25, 0.3) is 11.8 Å². The normalized spacial score (nSPS) is 12.6. The highest BCUT2D eigenvalue weighted by molar-refractivity contribution is 6.37. The van der Waals surface area contributed by atoms with Crippen LogP contribution in [0.15, 0.2) is 140 Å². The van der Waals surface area contributed by atoms with Crippen LogP contribution in [0.1, 0.15) is 26.3 Å². The second-order valence-electron chi connectivity index (χ2n) is 10.8. The molecule has 0 unspecified atom stereocenters. The number of carbonyl (C=O) groups excluding carboxylic acids is 2. The molecule has 7 aromatic rings. The summed E-state index contributed by atoms with van der Waals surface area (Å²) in [5.41, 5.74) is 8.32. The van der Waals surface area contributed by atoms with Gasteiger partial charge < -0.3 is 4.57 Å². The molecule has 8 rings (SSSR count). The molecule has 1 aromatic heterocycles. The number of imide groups is 1. The summed E-state index contributed by atoms with van der Waals surface area (Å²) in [7, 11) is 0. The van der Waals surface area contributed by atoms with Crippen LogP contribution < -0.4 is 4.90 Å². The molecule has 0 saturated carbocycles. The third kappa shape index (κ3) is 3.79. The lowest BCUT2D eigenvalue weighted by molar-refractivity contribution is 0.0926. The molecule has 0 atom stereocenters. The number of carbonyl (C=O) groups is 2. The topological polar surface area (TPSA) is 66.1 Å². The maximum absolute atomic E-state index is 14.2. The van der Waals surface area contributed by atoms with Crippen molar-refractivity contribution in [3.63, 3.8) is 0 Å². The van der Waals surface area contributed by atoms with Crippen molar-refractivity contribution >= 4 is 39.3 Å². The van der Waals surface area contributed by atoms with Crippen LogP contribution in [0.3, 0.4) is 0 Å². The Hall–Kier alpha value is -6.25. The lowest BCUT2D eigenvalue weighted by Crippen LogP contribution is -2.30. The summed E-state index contributed by atoms with van der Waals surface area (Å²) in [6.07, 6.45) is 0. The van der Waals surface area contributed by atoms with E-state index in [4.69, 9.17) is 0 Å². The van der Waals surface area contributed by atoms with Crippen LogP contribution in [0.2, 0.25) is 0 Å². The number of nitrogens with zero attached hydrogens (tertiary/aromatic N) is 3. The lowest BCUT2D eigenvalue weighted by atomic mass is 9.95. The summed E-state index contributed by atoms with van der Waals surface area (Å²) in [5, 5.41) is 11.4. The van der Waals surface area contributed by atoms with Gasteiger partial charge in [0.1, 0.15) is 0 Å². The third-order valence-corrected chi connectivity index (χ3v) is 8.38. The molecule has 5 heteroatoms. The number of aromatic nitrogens is 1. The number of fused-ring (bicyclic) bond motifs is 4. The highest BCUT2D eigenvalue weighted by atomic mass is 16.2. The molecule has 0 fully saturated rings. The molecule has 0 radical (unpaired) electrons.